The van der Waals surface area contributed by atoms with E-state index in [1.165, 1.54) is 0 Å². The maximum atomic E-state index is 12.9. The second kappa shape index (κ2) is 3.45. The summed E-state index contributed by atoms with van der Waals surface area (Å²) in [6.45, 7) is -0.556. The molecular weight excluding hydrogens is 202 g/mol. The van der Waals surface area contributed by atoms with E-state index >= 15 is 0 Å². The number of rotatable bonds is 1. The van der Waals surface area contributed by atoms with E-state index in [9.17, 15) is 17.6 Å². The van der Waals surface area contributed by atoms with Crippen molar-refractivity contribution in [3.05, 3.63) is 29.1 Å². The first-order chi connectivity index (χ1) is 6.36. The lowest BCUT2D eigenvalue weighted by Crippen LogP contribution is -2.12. The first-order valence-electron chi connectivity index (χ1n) is 3.62. The summed E-state index contributed by atoms with van der Waals surface area (Å²) in [5, 5.41) is 8.58. The largest absolute Gasteiger partial charge is 0.421 e. The Morgan fingerprint density at radius 3 is 2.21 bits per heavy atom. The number of aliphatic hydroxyl groups excluding tert-OH is 1. The highest BCUT2D eigenvalue weighted by molar-refractivity contribution is 5.51. The number of nitrogens with two attached hydrogens (primary N) is 1. The molecule has 0 aliphatic carbocycles. The third kappa shape index (κ3) is 1.95. The van der Waals surface area contributed by atoms with E-state index < -0.39 is 29.9 Å². The number of benzene rings is 1. The molecule has 1 aromatic rings. The van der Waals surface area contributed by atoms with Gasteiger partial charge in [-0.25, -0.2) is 4.39 Å². The van der Waals surface area contributed by atoms with Crippen molar-refractivity contribution in [3.8, 4) is 0 Å². The molecule has 0 bridgehead atoms. The van der Waals surface area contributed by atoms with Crippen molar-refractivity contribution in [2.24, 2.45) is 0 Å². The van der Waals surface area contributed by atoms with Gasteiger partial charge in [0.15, 0.2) is 0 Å². The number of alkyl halides is 3. The normalized spacial score (nSPS) is 11.8. The number of anilines is 1. The minimum atomic E-state index is -4.82. The van der Waals surface area contributed by atoms with Gasteiger partial charge in [-0.15, -0.1) is 0 Å². The standard InChI is InChI=1S/C8H7F4NO/c9-5-1-4(3-14)2-6(13)7(5)8(10,11)12/h1-2,14H,3,13H2. The third-order valence-corrected chi connectivity index (χ3v) is 1.65. The molecule has 0 fully saturated rings. The van der Waals surface area contributed by atoms with Crippen molar-refractivity contribution in [2.75, 3.05) is 5.73 Å². The van der Waals surface area contributed by atoms with Crippen molar-refractivity contribution in [1.29, 1.82) is 0 Å². The Bertz CT molecular complexity index is 325. The van der Waals surface area contributed by atoms with Gasteiger partial charge in [-0.3, -0.25) is 0 Å². The molecular formula is C8H7F4NO. The summed E-state index contributed by atoms with van der Waals surface area (Å²) in [4.78, 5) is 0. The van der Waals surface area contributed by atoms with Gasteiger partial charge in [0.25, 0.3) is 0 Å². The molecule has 0 unspecified atom stereocenters. The van der Waals surface area contributed by atoms with Crippen LogP contribution in [0.3, 0.4) is 0 Å². The maximum absolute atomic E-state index is 12.9. The molecule has 0 aliphatic rings. The molecule has 3 N–H and O–H groups in total. The highest BCUT2D eigenvalue weighted by atomic mass is 19.4. The van der Waals surface area contributed by atoms with E-state index in [4.69, 9.17) is 10.8 Å². The van der Waals surface area contributed by atoms with Crippen LogP contribution in [0, 0.1) is 5.82 Å². The lowest BCUT2D eigenvalue weighted by Gasteiger charge is -2.11. The van der Waals surface area contributed by atoms with Crippen LogP contribution >= 0.6 is 0 Å². The Hall–Kier alpha value is -1.30. The number of hydrogen-bond acceptors (Lipinski definition) is 2. The fourth-order valence-corrected chi connectivity index (χ4v) is 1.08. The van der Waals surface area contributed by atoms with Crippen LogP contribution in [0.1, 0.15) is 11.1 Å². The van der Waals surface area contributed by atoms with E-state index in [1.54, 1.807) is 0 Å². The van der Waals surface area contributed by atoms with Crippen molar-refractivity contribution in [3.63, 3.8) is 0 Å². The van der Waals surface area contributed by atoms with Gasteiger partial charge >= 0.3 is 6.18 Å². The van der Waals surface area contributed by atoms with Crippen LogP contribution in [0.4, 0.5) is 23.2 Å². The quantitative estimate of drug-likeness (QED) is 0.548. The smallest absolute Gasteiger partial charge is 0.398 e. The minimum absolute atomic E-state index is 0.00741. The van der Waals surface area contributed by atoms with Crippen LogP contribution in [-0.4, -0.2) is 5.11 Å². The first kappa shape index (κ1) is 10.8. The first-order valence-corrected chi connectivity index (χ1v) is 3.62. The average Bonchev–Trinajstić information content (AvgIpc) is 1.99. The van der Waals surface area contributed by atoms with Gasteiger partial charge in [0.2, 0.25) is 0 Å². The van der Waals surface area contributed by atoms with E-state index in [0.29, 0.717) is 6.07 Å². The van der Waals surface area contributed by atoms with Crippen LogP contribution in [0.2, 0.25) is 0 Å². The highest BCUT2D eigenvalue weighted by Crippen LogP contribution is 2.36. The molecule has 0 saturated heterocycles. The fraction of sp³-hybridized carbons (Fsp3) is 0.250. The molecule has 0 heterocycles. The summed E-state index contributed by atoms with van der Waals surface area (Å²) in [6, 6.07) is 1.51. The molecule has 0 amide bonds. The van der Waals surface area contributed by atoms with Crippen LogP contribution in [0.5, 0.6) is 0 Å². The average molecular weight is 209 g/mol. The lowest BCUT2D eigenvalue weighted by atomic mass is 10.1. The second-order valence-electron chi connectivity index (χ2n) is 2.70. The van der Waals surface area contributed by atoms with Gasteiger partial charge in [-0.1, -0.05) is 0 Å². The highest BCUT2D eigenvalue weighted by Gasteiger charge is 2.36. The molecule has 0 atom stereocenters. The molecule has 0 spiro atoms. The van der Waals surface area contributed by atoms with E-state index in [0.717, 1.165) is 6.07 Å². The lowest BCUT2D eigenvalue weighted by molar-refractivity contribution is -0.139. The minimum Gasteiger partial charge on any atom is -0.398 e. The number of hydrogen-bond donors (Lipinski definition) is 2. The fourth-order valence-electron chi connectivity index (χ4n) is 1.08. The number of halogens is 4. The molecule has 2 nitrogen and oxygen atoms in total. The molecule has 14 heavy (non-hydrogen) atoms. The van der Waals surface area contributed by atoms with E-state index in [-0.39, 0.29) is 5.56 Å². The van der Waals surface area contributed by atoms with Gasteiger partial charge in [0, 0.05) is 5.69 Å². The van der Waals surface area contributed by atoms with E-state index in [2.05, 4.69) is 0 Å². The Morgan fingerprint density at radius 1 is 1.29 bits per heavy atom. The summed E-state index contributed by atoms with van der Waals surface area (Å²) >= 11 is 0. The summed E-state index contributed by atoms with van der Waals surface area (Å²) in [6.07, 6.45) is -4.82. The SMILES string of the molecule is Nc1cc(CO)cc(F)c1C(F)(F)F. The summed E-state index contributed by atoms with van der Waals surface area (Å²) in [5.74, 6) is -1.47. The maximum Gasteiger partial charge on any atom is 0.421 e. The molecule has 1 rings (SSSR count). The second-order valence-corrected chi connectivity index (χ2v) is 2.70. The van der Waals surface area contributed by atoms with Gasteiger partial charge in [0.05, 0.1) is 6.61 Å². The Morgan fingerprint density at radius 2 is 1.86 bits per heavy atom. The van der Waals surface area contributed by atoms with Gasteiger partial charge in [-0.05, 0) is 17.7 Å². The van der Waals surface area contributed by atoms with Crippen molar-refractivity contribution in [1.82, 2.24) is 0 Å². The summed E-state index contributed by atoms with van der Waals surface area (Å²) in [5.41, 5.74) is 2.81. The molecule has 0 saturated carbocycles. The monoisotopic (exact) mass is 209 g/mol. The zero-order valence-electron chi connectivity index (χ0n) is 6.90. The molecule has 6 heteroatoms. The molecule has 78 valence electrons. The summed E-state index contributed by atoms with van der Waals surface area (Å²) in [7, 11) is 0. The number of aliphatic hydroxyl groups is 1. The molecule has 1 aromatic carbocycles. The van der Waals surface area contributed by atoms with Crippen LogP contribution < -0.4 is 5.73 Å². The van der Waals surface area contributed by atoms with Gasteiger partial charge in [0.1, 0.15) is 11.4 Å². The Balaban J connectivity index is 3.33. The van der Waals surface area contributed by atoms with Crippen LogP contribution in [0.25, 0.3) is 0 Å². The van der Waals surface area contributed by atoms with Crippen LogP contribution in [-0.2, 0) is 12.8 Å². The number of nitrogen functional groups attached to an aromatic ring is 1. The summed E-state index contributed by atoms with van der Waals surface area (Å²) < 4.78 is 49.4. The van der Waals surface area contributed by atoms with Crippen molar-refractivity contribution < 1.29 is 22.7 Å². The topological polar surface area (TPSA) is 46.2 Å². The zero-order chi connectivity index (χ0) is 10.9. The van der Waals surface area contributed by atoms with Crippen molar-refractivity contribution >= 4 is 5.69 Å². The van der Waals surface area contributed by atoms with Crippen LogP contribution in [0.15, 0.2) is 12.1 Å². The Labute approximate surface area is 77.0 Å². The predicted molar refractivity (Wildman–Crippen MR) is 41.7 cm³/mol. The van der Waals surface area contributed by atoms with Gasteiger partial charge in [-0.2, -0.15) is 13.2 Å². The molecule has 0 aliphatic heterocycles. The predicted octanol–water partition coefficient (Wildman–Crippen LogP) is 1.92. The third-order valence-electron chi connectivity index (χ3n) is 1.65. The van der Waals surface area contributed by atoms with E-state index in [1.807, 2.05) is 0 Å². The van der Waals surface area contributed by atoms with Gasteiger partial charge < -0.3 is 10.8 Å². The molecule has 0 aromatic heterocycles. The Kier molecular flexibility index (Phi) is 2.66. The van der Waals surface area contributed by atoms with Crippen molar-refractivity contribution in [2.45, 2.75) is 12.8 Å². The molecule has 0 radical (unpaired) electrons. The zero-order valence-corrected chi connectivity index (χ0v) is 6.90.